The maximum absolute atomic E-state index is 11.9. The van der Waals surface area contributed by atoms with E-state index in [-0.39, 0.29) is 5.56 Å². The van der Waals surface area contributed by atoms with Crippen LogP contribution in [0.3, 0.4) is 0 Å². The van der Waals surface area contributed by atoms with Crippen LogP contribution in [0.4, 0.5) is 9.80 Å². The van der Waals surface area contributed by atoms with Gasteiger partial charge in [-0.3, -0.25) is 5.32 Å². The summed E-state index contributed by atoms with van der Waals surface area (Å²) in [5, 5.41) is 5.48. The molecule has 0 fully saturated rings. The van der Waals surface area contributed by atoms with Gasteiger partial charge in [-0.2, -0.15) is 0 Å². The van der Waals surface area contributed by atoms with Crippen LogP contribution in [0.1, 0.15) is 10.4 Å². The molecule has 1 heterocycles. The van der Waals surface area contributed by atoms with Gasteiger partial charge in [-0.15, -0.1) is 11.3 Å². The first-order valence-electron chi connectivity index (χ1n) is 6.97. The minimum Gasteiger partial charge on any atom is -0.493 e. The van der Waals surface area contributed by atoms with Crippen LogP contribution in [0.5, 0.6) is 11.5 Å². The molecule has 2 amide bonds. The molecule has 0 aliphatic heterocycles. The van der Waals surface area contributed by atoms with Crippen molar-refractivity contribution >= 4 is 28.3 Å². The fraction of sp³-hybridized carbons (Fsp3) is 0.250. The largest absolute Gasteiger partial charge is 0.493 e. The molecule has 2 N–H and O–H groups in total. The van der Waals surface area contributed by atoms with E-state index < -0.39 is 12.0 Å². The molecule has 8 heteroatoms. The minimum absolute atomic E-state index is 0.288. The molecule has 1 aromatic heterocycles. The number of thiophene rings is 1. The highest BCUT2D eigenvalue weighted by molar-refractivity contribution is 7.20. The van der Waals surface area contributed by atoms with Gasteiger partial charge in [0.25, 0.3) is 0 Å². The summed E-state index contributed by atoms with van der Waals surface area (Å²) in [4.78, 5) is 24.3. The third-order valence-electron chi connectivity index (χ3n) is 3.26. The number of rotatable bonds is 5. The Kier molecular flexibility index (Phi) is 5.64. The van der Waals surface area contributed by atoms with Crippen molar-refractivity contribution < 1.29 is 23.8 Å². The van der Waals surface area contributed by atoms with Gasteiger partial charge >= 0.3 is 12.0 Å². The lowest BCUT2D eigenvalue weighted by Gasteiger charge is -2.08. The number of carbonyl (C=O) groups excluding carboxylic acids is 2. The van der Waals surface area contributed by atoms with Gasteiger partial charge in [-0.25, -0.2) is 9.59 Å². The molecule has 24 heavy (non-hydrogen) atoms. The van der Waals surface area contributed by atoms with Crippen molar-refractivity contribution in [3.05, 3.63) is 29.8 Å². The number of benzene rings is 1. The Morgan fingerprint density at radius 1 is 1.04 bits per heavy atom. The van der Waals surface area contributed by atoms with Crippen LogP contribution in [-0.4, -0.2) is 40.4 Å². The van der Waals surface area contributed by atoms with E-state index in [0.717, 1.165) is 10.4 Å². The molecule has 0 aliphatic carbocycles. The topological polar surface area (TPSA) is 85.9 Å². The zero-order valence-corrected chi connectivity index (χ0v) is 14.6. The van der Waals surface area contributed by atoms with Crippen molar-refractivity contribution in [1.29, 1.82) is 0 Å². The van der Waals surface area contributed by atoms with Crippen molar-refractivity contribution in [3.63, 3.8) is 0 Å². The first-order valence-corrected chi connectivity index (χ1v) is 7.79. The van der Waals surface area contributed by atoms with Crippen molar-refractivity contribution in [3.8, 4) is 21.9 Å². The monoisotopic (exact) mass is 350 g/mol. The van der Waals surface area contributed by atoms with Crippen molar-refractivity contribution in [2.75, 3.05) is 33.7 Å². The predicted molar refractivity (Wildman–Crippen MR) is 92.3 cm³/mol. The second-order valence-electron chi connectivity index (χ2n) is 4.62. The second-order valence-corrected chi connectivity index (χ2v) is 5.67. The summed E-state index contributed by atoms with van der Waals surface area (Å²) in [5.41, 5.74) is 1.11. The van der Waals surface area contributed by atoms with E-state index in [9.17, 15) is 9.59 Å². The Balaban J connectivity index is 2.47. The number of methoxy groups -OCH3 is 3. The standard InChI is InChI=1S/C16H18N2O5S/c1-17-16(20)18-14-10(15(19)23-4)8-13(24-14)9-5-6-11(21-2)12(7-9)22-3/h5-8H,1-4H3,(H2,17,18,20). The average Bonchev–Trinajstić information content (AvgIpc) is 3.03. The summed E-state index contributed by atoms with van der Waals surface area (Å²) < 4.78 is 15.3. The van der Waals surface area contributed by atoms with Crippen LogP contribution in [0.2, 0.25) is 0 Å². The highest BCUT2D eigenvalue weighted by atomic mass is 32.1. The van der Waals surface area contributed by atoms with Crippen LogP contribution in [0, 0.1) is 0 Å². The van der Waals surface area contributed by atoms with E-state index in [4.69, 9.17) is 14.2 Å². The summed E-state index contributed by atoms with van der Waals surface area (Å²) in [6.45, 7) is 0. The highest BCUT2D eigenvalue weighted by Crippen LogP contribution is 2.39. The maximum atomic E-state index is 11.9. The number of esters is 1. The lowest BCUT2D eigenvalue weighted by Crippen LogP contribution is -2.24. The normalized spacial score (nSPS) is 10.0. The molecular weight excluding hydrogens is 332 g/mol. The van der Waals surface area contributed by atoms with E-state index in [1.807, 2.05) is 6.07 Å². The fourth-order valence-electron chi connectivity index (χ4n) is 2.04. The Labute approximate surface area is 143 Å². The lowest BCUT2D eigenvalue weighted by molar-refractivity contribution is 0.0602. The Bertz CT molecular complexity index is 757. The molecule has 0 saturated carbocycles. The average molecular weight is 350 g/mol. The quantitative estimate of drug-likeness (QED) is 0.810. The molecule has 2 aromatic rings. The first kappa shape index (κ1) is 17.6. The number of ether oxygens (including phenoxy) is 3. The Hall–Kier alpha value is -2.74. The van der Waals surface area contributed by atoms with Crippen molar-refractivity contribution in [2.24, 2.45) is 0 Å². The molecule has 7 nitrogen and oxygen atoms in total. The molecular formula is C16H18N2O5S. The van der Waals surface area contributed by atoms with Crippen molar-refractivity contribution in [1.82, 2.24) is 5.32 Å². The molecule has 0 saturated heterocycles. The number of urea groups is 1. The highest BCUT2D eigenvalue weighted by Gasteiger charge is 2.19. The van der Waals surface area contributed by atoms with Gasteiger partial charge in [0.15, 0.2) is 11.5 Å². The molecule has 0 radical (unpaired) electrons. The van der Waals surface area contributed by atoms with Crippen LogP contribution in [0.25, 0.3) is 10.4 Å². The van der Waals surface area contributed by atoms with Gasteiger partial charge in [0.2, 0.25) is 0 Å². The predicted octanol–water partition coefficient (Wildman–Crippen LogP) is 2.97. The molecule has 0 bridgehead atoms. The summed E-state index contributed by atoms with van der Waals surface area (Å²) in [5.74, 6) is 0.655. The molecule has 0 atom stereocenters. The number of hydrogen-bond acceptors (Lipinski definition) is 6. The molecule has 0 aliphatic rings. The van der Waals surface area contributed by atoms with E-state index in [0.29, 0.717) is 16.5 Å². The number of hydrogen-bond donors (Lipinski definition) is 2. The zero-order valence-electron chi connectivity index (χ0n) is 13.8. The molecule has 1 aromatic carbocycles. The third-order valence-corrected chi connectivity index (χ3v) is 4.36. The fourth-order valence-corrected chi connectivity index (χ4v) is 3.08. The lowest BCUT2D eigenvalue weighted by atomic mass is 10.1. The number of carbonyl (C=O) groups is 2. The van der Waals surface area contributed by atoms with Crippen LogP contribution in [-0.2, 0) is 4.74 Å². The van der Waals surface area contributed by atoms with Gasteiger partial charge in [0.1, 0.15) is 5.00 Å². The van der Waals surface area contributed by atoms with Crippen LogP contribution in [0.15, 0.2) is 24.3 Å². The summed E-state index contributed by atoms with van der Waals surface area (Å²) >= 11 is 1.26. The number of anilines is 1. The number of amides is 2. The summed E-state index contributed by atoms with van der Waals surface area (Å²) in [7, 11) is 5.90. The minimum atomic E-state index is -0.524. The van der Waals surface area contributed by atoms with Gasteiger partial charge < -0.3 is 19.5 Å². The third kappa shape index (κ3) is 3.60. The van der Waals surface area contributed by atoms with Gasteiger partial charge in [-0.05, 0) is 29.8 Å². The first-order chi connectivity index (χ1) is 11.5. The summed E-state index contributed by atoms with van der Waals surface area (Å²) in [6.07, 6.45) is 0. The zero-order chi connectivity index (χ0) is 17.7. The molecule has 2 rings (SSSR count). The van der Waals surface area contributed by atoms with E-state index >= 15 is 0 Å². The SMILES string of the molecule is CNC(=O)Nc1sc(-c2ccc(OC)c(OC)c2)cc1C(=O)OC. The summed E-state index contributed by atoms with van der Waals surface area (Å²) in [6, 6.07) is 6.68. The van der Waals surface area contributed by atoms with Gasteiger partial charge in [-0.1, -0.05) is 0 Å². The van der Waals surface area contributed by atoms with Crippen LogP contribution >= 0.6 is 11.3 Å². The molecule has 0 spiro atoms. The smallest absolute Gasteiger partial charge is 0.340 e. The molecule has 0 unspecified atom stereocenters. The van der Waals surface area contributed by atoms with E-state index in [2.05, 4.69) is 10.6 Å². The molecule has 128 valence electrons. The van der Waals surface area contributed by atoms with Gasteiger partial charge in [0.05, 0.1) is 26.9 Å². The van der Waals surface area contributed by atoms with Crippen LogP contribution < -0.4 is 20.1 Å². The van der Waals surface area contributed by atoms with E-state index in [1.165, 1.54) is 25.5 Å². The van der Waals surface area contributed by atoms with E-state index in [1.54, 1.807) is 32.4 Å². The maximum Gasteiger partial charge on any atom is 0.340 e. The Morgan fingerprint density at radius 2 is 1.75 bits per heavy atom. The van der Waals surface area contributed by atoms with Crippen molar-refractivity contribution in [2.45, 2.75) is 0 Å². The van der Waals surface area contributed by atoms with Gasteiger partial charge in [0, 0.05) is 11.9 Å². The number of nitrogens with one attached hydrogen (secondary N) is 2. The Morgan fingerprint density at radius 3 is 2.33 bits per heavy atom. The second kappa shape index (κ2) is 7.69.